The summed E-state index contributed by atoms with van der Waals surface area (Å²) in [6, 6.07) is 4.17. The SMILES string of the molecule is CC1CCCN(C(=O)N(C)CCc2ccncc2)C1. The molecule has 104 valence electrons. The van der Waals surface area contributed by atoms with E-state index in [1.54, 1.807) is 12.4 Å². The van der Waals surface area contributed by atoms with Gasteiger partial charge in [0.1, 0.15) is 0 Å². The first-order valence-electron chi connectivity index (χ1n) is 7.06. The number of likely N-dealkylation sites (tertiary alicyclic amines) is 1. The molecule has 0 aromatic carbocycles. The number of pyridine rings is 1. The summed E-state index contributed by atoms with van der Waals surface area (Å²) < 4.78 is 0. The predicted octanol–water partition coefficient (Wildman–Crippen LogP) is 2.41. The van der Waals surface area contributed by atoms with Gasteiger partial charge >= 0.3 is 6.03 Å². The zero-order valence-corrected chi connectivity index (χ0v) is 11.9. The maximum atomic E-state index is 12.3. The Balaban J connectivity index is 1.82. The third-order valence-electron chi connectivity index (χ3n) is 3.74. The number of carbonyl (C=O) groups excluding carboxylic acids is 1. The van der Waals surface area contributed by atoms with Gasteiger partial charge in [-0.2, -0.15) is 0 Å². The minimum Gasteiger partial charge on any atom is -0.327 e. The lowest BCUT2D eigenvalue weighted by atomic mass is 10.0. The molecule has 19 heavy (non-hydrogen) atoms. The summed E-state index contributed by atoms with van der Waals surface area (Å²) in [7, 11) is 1.89. The summed E-state index contributed by atoms with van der Waals surface area (Å²) in [5.41, 5.74) is 1.22. The molecule has 4 heteroatoms. The van der Waals surface area contributed by atoms with Gasteiger partial charge in [0.05, 0.1) is 0 Å². The van der Waals surface area contributed by atoms with Gasteiger partial charge in [0, 0.05) is 39.1 Å². The van der Waals surface area contributed by atoms with Gasteiger partial charge < -0.3 is 9.80 Å². The van der Waals surface area contributed by atoms with E-state index in [2.05, 4.69) is 11.9 Å². The minimum absolute atomic E-state index is 0.167. The molecule has 0 N–H and O–H groups in total. The highest BCUT2D eigenvalue weighted by molar-refractivity contribution is 5.74. The van der Waals surface area contributed by atoms with Crippen LogP contribution < -0.4 is 0 Å². The molecule has 0 saturated carbocycles. The molecule has 0 aliphatic carbocycles. The molecule has 1 aromatic rings. The Morgan fingerprint density at radius 2 is 2.21 bits per heavy atom. The van der Waals surface area contributed by atoms with E-state index in [4.69, 9.17) is 0 Å². The summed E-state index contributed by atoms with van der Waals surface area (Å²) in [5.74, 6) is 0.631. The lowest BCUT2D eigenvalue weighted by molar-refractivity contribution is 0.140. The third-order valence-corrected chi connectivity index (χ3v) is 3.74. The van der Waals surface area contributed by atoms with Crippen LogP contribution in [0, 0.1) is 5.92 Å². The van der Waals surface area contributed by atoms with Crippen LogP contribution in [0.4, 0.5) is 4.79 Å². The van der Waals surface area contributed by atoms with Crippen molar-refractivity contribution in [1.29, 1.82) is 0 Å². The first kappa shape index (κ1) is 13.8. The molecule has 0 bridgehead atoms. The molecule has 1 saturated heterocycles. The maximum Gasteiger partial charge on any atom is 0.319 e. The van der Waals surface area contributed by atoms with Crippen LogP contribution in [-0.4, -0.2) is 47.5 Å². The average molecular weight is 261 g/mol. The van der Waals surface area contributed by atoms with E-state index in [1.807, 2.05) is 29.0 Å². The van der Waals surface area contributed by atoms with Crippen molar-refractivity contribution >= 4 is 6.03 Å². The van der Waals surface area contributed by atoms with Crippen molar-refractivity contribution in [1.82, 2.24) is 14.8 Å². The van der Waals surface area contributed by atoms with Gasteiger partial charge in [-0.05, 0) is 42.9 Å². The summed E-state index contributed by atoms with van der Waals surface area (Å²) >= 11 is 0. The molecule has 2 heterocycles. The zero-order chi connectivity index (χ0) is 13.7. The van der Waals surface area contributed by atoms with Crippen LogP contribution in [0.15, 0.2) is 24.5 Å². The highest BCUT2D eigenvalue weighted by Gasteiger charge is 2.23. The molecule has 1 aliphatic rings. The van der Waals surface area contributed by atoms with E-state index in [-0.39, 0.29) is 6.03 Å². The first-order valence-corrected chi connectivity index (χ1v) is 7.06. The van der Waals surface area contributed by atoms with Crippen molar-refractivity contribution in [3.8, 4) is 0 Å². The molecule has 0 radical (unpaired) electrons. The molecule has 4 nitrogen and oxygen atoms in total. The van der Waals surface area contributed by atoms with Gasteiger partial charge in [0.25, 0.3) is 0 Å². The Morgan fingerprint density at radius 1 is 1.47 bits per heavy atom. The third kappa shape index (κ3) is 3.94. The molecule has 1 fully saturated rings. The Kier molecular flexibility index (Phi) is 4.77. The van der Waals surface area contributed by atoms with Crippen LogP contribution in [0.5, 0.6) is 0 Å². The van der Waals surface area contributed by atoms with Crippen molar-refractivity contribution in [2.24, 2.45) is 5.92 Å². The van der Waals surface area contributed by atoms with Gasteiger partial charge in [-0.15, -0.1) is 0 Å². The fourth-order valence-corrected chi connectivity index (χ4v) is 2.55. The number of amides is 2. The van der Waals surface area contributed by atoms with Gasteiger partial charge in [-0.3, -0.25) is 4.98 Å². The number of urea groups is 1. The summed E-state index contributed by atoms with van der Waals surface area (Å²) in [5, 5.41) is 0. The molecular formula is C15H23N3O. The van der Waals surface area contributed by atoms with E-state index in [1.165, 1.54) is 12.0 Å². The van der Waals surface area contributed by atoms with Crippen LogP contribution in [0.3, 0.4) is 0 Å². The largest absolute Gasteiger partial charge is 0.327 e. The fraction of sp³-hybridized carbons (Fsp3) is 0.600. The molecule has 1 unspecified atom stereocenters. The monoisotopic (exact) mass is 261 g/mol. The van der Waals surface area contributed by atoms with Crippen LogP contribution in [0.25, 0.3) is 0 Å². The van der Waals surface area contributed by atoms with Crippen molar-refractivity contribution < 1.29 is 4.79 Å². The average Bonchev–Trinajstić information content (AvgIpc) is 2.45. The van der Waals surface area contributed by atoms with Gasteiger partial charge in [-0.25, -0.2) is 4.79 Å². The smallest absolute Gasteiger partial charge is 0.319 e. The predicted molar refractivity (Wildman–Crippen MR) is 75.9 cm³/mol. The maximum absolute atomic E-state index is 12.3. The van der Waals surface area contributed by atoms with Crippen LogP contribution in [-0.2, 0) is 6.42 Å². The van der Waals surface area contributed by atoms with Crippen molar-refractivity contribution in [3.05, 3.63) is 30.1 Å². The van der Waals surface area contributed by atoms with Gasteiger partial charge in [0.15, 0.2) is 0 Å². The van der Waals surface area contributed by atoms with E-state index < -0.39 is 0 Å². The lowest BCUT2D eigenvalue weighted by Gasteiger charge is -2.34. The second-order valence-electron chi connectivity index (χ2n) is 5.50. The van der Waals surface area contributed by atoms with E-state index >= 15 is 0 Å². The van der Waals surface area contributed by atoms with E-state index in [0.29, 0.717) is 5.92 Å². The molecule has 2 amide bonds. The minimum atomic E-state index is 0.167. The van der Waals surface area contributed by atoms with Crippen LogP contribution in [0.2, 0.25) is 0 Å². The molecular weight excluding hydrogens is 238 g/mol. The highest BCUT2D eigenvalue weighted by Crippen LogP contribution is 2.16. The first-order chi connectivity index (χ1) is 9.16. The molecule has 1 aromatic heterocycles. The van der Waals surface area contributed by atoms with Gasteiger partial charge in [0.2, 0.25) is 0 Å². The molecule has 2 rings (SSSR count). The number of hydrogen-bond acceptors (Lipinski definition) is 2. The number of likely N-dealkylation sites (N-methyl/N-ethyl adjacent to an activating group) is 1. The Labute approximate surface area is 115 Å². The zero-order valence-electron chi connectivity index (χ0n) is 11.9. The summed E-state index contributed by atoms with van der Waals surface area (Å²) in [4.78, 5) is 20.1. The summed E-state index contributed by atoms with van der Waals surface area (Å²) in [6.07, 6.45) is 6.84. The normalized spacial score (nSPS) is 19.3. The van der Waals surface area contributed by atoms with Crippen molar-refractivity contribution in [3.63, 3.8) is 0 Å². The standard InChI is InChI=1S/C15H23N3O/c1-13-4-3-10-18(12-13)15(19)17(2)11-7-14-5-8-16-9-6-14/h5-6,8-9,13H,3-4,7,10-12H2,1-2H3. The van der Waals surface area contributed by atoms with Crippen molar-refractivity contribution in [2.75, 3.05) is 26.7 Å². The fourth-order valence-electron chi connectivity index (χ4n) is 2.55. The van der Waals surface area contributed by atoms with Crippen LogP contribution >= 0.6 is 0 Å². The number of hydrogen-bond donors (Lipinski definition) is 0. The number of nitrogens with zero attached hydrogens (tertiary/aromatic N) is 3. The molecule has 1 aliphatic heterocycles. The number of rotatable bonds is 3. The highest BCUT2D eigenvalue weighted by atomic mass is 16.2. The van der Waals surface area contributed by atoms with E-state index in [0.717, 1.165) is 32.5 Å². The second kappa shape index (κ2) is 6.55. The Hall–Kier alpha value is -1.58. The second-order valence-corrected chi connectivity index (χ2v) is 5.50. The van der Waals surface area contributed by atoms with Crippen LogP contribution in [0.1, 0.15) is 25.3 Å². The van der Waals surface area contributed by atoms with E-state index in [9.17, 15) is 4.79 Å². The van der Waals surface area contributed by atoms with Gasteiger partial charge in [-0.1, -0.05) is 6.92 Å². The number of aromatic nitrogens is 1. The number of carbonyl (C=O) groups is 1. The van der Waals surface area contributed by atoms with Crippen molar-refractivity contribution in [2.45, 2.75) is 26.2 Å². The molecule has 0 spiro atoms. The topological polar surface area (TPSA) is 36.4 Å². The number of piperidine rings is 1. The Morgan fingerprint density at radius 3 is 2.89 bits per heavy atom. The summed E-state index contributed by atoms with van der Waals surface area (Å²) in [6.45, 7) is 4.78. The quantitative estimate of drug-likeness (QED) is 0.837. The Bertz CT molecular complexity index is 407. The molecule has 1 atom stereocenters. The lowest BCUT2D eigenvalue weighted by Crippen LogP contribution is -2.46.